The van der Waals surface area contributed by atoms with E-state index in [0.29, 0.717) is 16.1 Å². The third-order valence-corrected chi connectivity index (χ3v) is 3.41. The van der Waals surface area contributed by atoms with Crippen LogP contribution >= 0.6 is 15.9 Å². The Bertz CT molecular complexity index is 575. The van der Waals surface area contributed by atoms with Gasteiger partial charge in [-0.3, -0.25) is 4.40 Å². The summed E-state index contributed by atoms with van der Waals surface area (Å²) in [6.45, 7) is 0.554. The molecular weight excluding hydrogens is 308 g/mol. The molecule has 8 heteroatoms. The van der Waals surface area contributed by atoms with Crippen molar-refractivity contribution >= 4 is 27.4 Å². The molecule has 18 heavy (non-hydrogen) atoms. The van der Waals surface area contributed by atoms with Crippen molar-refractivity contribution < 1.29 is 8.78 Å². The van der Waals surface area contributed by atoms with Crippen LogP contribution in [0.4, 0.5) is 14.6 Å². The predicted octanol–water partition coefficient (Wildman–Crippen LogP) is 2.12. The van der Waals surface area contributed by atoms with Crippen LogP contribution in [0.5, 0.6) is 0 Å². The Morgan fingerprint density at radius 2 is 2.00 bits per heavy atom. The second kappa shape index (κ2) is 4.11. The summed E-state index contributed by atoms with van der Waals surface area (Å²) in [7, 11) is 0. The molecule has 3 heterocycles. The van der Waals surface area contributed by atoms with E-state index in [1.807, 2.05) is 4.90 Å². The van der Waals surface area contributed by atoms with Crippen molar-refractivity contribution in [3.05, 3.63) is 17.1 Å². The summed E-state index contributed by atoms with van der Waals surface area (Å²) in [6, 6.07) is 0. The predicted molar refractivity (Wildman–Crippen MR) is 64.9 cm³/mol. The first-order chi connectivity index (χ1) is 8.55. The molecule has 3 rings (SSSR count). The van der Waals surface area contributed by atoms with E-state index in [2.05, 4.69) is 31.1 Å². The molecule has 0 aromatic carbocycles. The van der Waals surface area contributed by atoms with E-state index in [4.69, 9.17) is 0 Å². The van der Waals surface area contributed by atoms with Gasteiger partial charge in [-0.1, -0.05) is 0 Å². The average molecular weight is 318 g/mol. The Kier molecular flexibility index (Phi) is 2.69. The number of rotatable bonds is 1. The number of nitrogens with zero attached hydrogens (tertiary/aromatic N) is 5. The lowest BCUT2D eigenvalue weighted by Gasteiger charge is -2.32. The van der Waals surface area contributed by atoms with Gasteiger partial charge >= 0.3 is 0 Å². The van der Waals surface area contributed by atoms with E-state index in [1.54, 1.807) is 16.9 Å². The van der Waals surface area contributed by atoms with Gasteiger partial charge in [-0.05, 0) is 15.9 Å². The van der Waals surface area contributed by atoms with Crippen molar-refractivity contribution in [2.24, 2.45) is 0 Å². The number of alkyl halides is 2. The molecule has 0 unspecified atom stereocenters. The normalized spacial score (nSPS) is 19.4. The largest absolute Gasteiger partial charge is 0.353 e. The number of hydrogen-bond donors (Lipinski definition) is 0. The highest BCUT2D eigenvalue weighted by molar-refractivity contribution is 9.10. The van der Waals surface area contributed by atoms with Crippen LogP contribution in [0.2, 0.25) is 0 Å². The van der Waals surface area contributed by atoms with Crippen LogP contribution in [0.1, 0.15) is 12.8 Å². The average Bonchev–Trinajstić information content (AvgIpc) is 2.76. The summed E-state index contributed by atoms with van der Waals surface area (Å²) in [5.41, 5.74) is 0.586. The number of hydrogen-bond acceptors (Lipinski definition) is 4. The summed E-state index contributed by atoms with van der Waals surface area (Å²) in [5, 5.41) is 7.78. The lowest BCUT2D eigenvalue weighted by atomic mass is 10.1. The molecule has 5 nitrogen and oxygen atoms in total. The van der Waals surface area contributed by atoms with Crippen LogP contribution in [-0.2, 0) is 0 Å². The first-order valence-electron chi connectivity index (χ1n) is 5.54. The topological polar surface area (TPSA) is 46.3 Å². The van der Waals surface area contributed by atoms with Crippen LogP contribution in [0.15, 0.2) is 17.1 Å². The molecular formula is C10H10BrF2N5. The number of fused-ring (bicyclic) bond motifs is 1. The molecule has 1 saturated heterocycles. The molecule has 96 valence electrons. The van der Waals surface area contributed by atoms with Crippen LogP contribution in [-0.4, -0.2) is 38.6 Å². The summed E-state index contributed by atoms with van der Waals surface area (Å²) >= 11 is 3.29. The molecule has 1 aliphatic rings. The van der Waals surface area contributed by atoms with Gasteiger partial charge in [-0.15, -0.1) is 10.2 Å². The Hall–Kier alpha value is -1.31. The third kappa shape index (κ3) is 2.05. The highest BCUT2D eigenvalue weighted by Gasteiger charge is 2.35. The molecule has 2 aromatic rings. The molecule has 0 atom stereocenters. The minimum atomic E-state index is -2.56. The number of aromatic nitrogens is 4. The standard InChI is InChI=1S/C10H10BrF2N5/c11-7-5-18-6-14-16-9(18)8(15-7)17-3-1-10(12,13)2-4-17/h5-6H,1-4H2. The maximum Gasteiger partial charge on any atom is 0.251 e. The second-order valence-electron chi connectivity index (χ2n) is 4.29. The van der Waals surface area contributed by atoms with Crippen molar-refractivity contribution in [2.45, 2.75) is 18.8 Å². The van der Waals surface area contributed by atoms with E-state index < -0.39 is 5.92 Å². The summed E-state index contributed by atoms with van der Waals surface area (Å²) in [6.07, 6.45) is 2.99. The summed E-state index contributed by atoms with van der Waals surface area (Å²) in [4.78, 5) is 6.14. The SMILES string of the molecule is FC1(F)CCN(c2nc(Br)cn3cnnc23)CC1. The monoisotopic (exact) mass is 317 g/mol. The zero-order chi connectivity index (χ0) is 12.8. The molecule has 1 fully saturated rings. The van der Waals surface area contributed by atoms with Gasteiger partial charge in [0.1, 0.15) is 10.9 Å². The zero-order valence-electron chi connectivity index (χ0n) is 9.35. The summed E-state index contributed by atoms with van der Waals surface area (Å²) < 4.78 is 28.6. The van der Waals surface area contributed by atoms with E-state index in [0.717, 1.165) is 0 Å². The molecule has 0 bridgehead atoms. The molecule has 0 amide bonds. The Labute approximate surface area is 110 Å². The fourth-order valence-corrected chi connectivity index (χ4v) is 2.44. The quantitative estimate of drug-likeness (QED) is 0.808. The Morgan fingerprint density at radius 1 is 1.28 bits per heavy atom. The van der Waals surface area contributed by atoms with E-state index in [1.165, 1.54) is 0 Å². The highest BCUT2D eigenvalue weighted by Crippen LogP contribution is 2.31. The molecule has 0 spiro atoms. The molecule has 0 saturated carbocycles. The van der Waals surface area contributed by atoms with Crippen LogP contribution < -0.4 is 4.90 Å². The third-order valence-electron chi connectivity index (χ3n) is 3.03. The van der Waals surface area contributed by atoms with Gasteiger partial charge in [-0.2, -0.15) is 0 Å². The van der Waals surface area contributed by atoms with E-state index in [-0.39, 0.29) is 25.9 Å². The van der Waals surface area contributed by atoms with Crippen molar-refractivity contribution in [2.75, 3.05) is 18.0 Å². The van der Waals surface area contributed by atoms with Gasteiger partial charge in [0, 0.05) is 32.1 Å². The van der Waals surface area contributed by atoms with Gasteiger partial charge in [0.25, 0.3) is 5.92 Å². The highest BCUT2D eigenvalue weighted by atomic mass is 79.9. The van der Waals surface area contributed by atoms with Crippen LogP contribution in [0.3, 0.4) is 0 Å². The lowest BCUT2D eigenvalue weighted by Crippen LogP contribution is -2.40. The molecule has 0 N–H and O–H groups in total. The lowest BCUT2D eigenvalue weighted by molar-refractivity contribution is -0.0221. The smallest absolute Gasteiger partial charge is 0.251 e. The minimum absolute atomic E-state index is 0.151. The van der Waals surface area contributed by atoms with Crippen molar-refractivity contribution in [3.8, 4) is 0 Å². The van der Waals surface area contributed by atoms with Crippen molar-refractivity contribution in [1.82, 2.24) is 19.6 Å². The van der Waals surface area contributed by atoms with E-state index in [9.17, 15) is 8.78 Å². The molecule has 1 aliphatic heterocycles. The Morgan fingerprint density at radius 3 is 2.72 bits per heavy atom. The number of halogens is 3. The second-order valence-corrected chi connectivity index (χ2v) is 5.10. The van der Waals surface area contributed by atoms with Gasteiger partial charge in [0.05, 0.1) is 0 Å². The van der Waals surface area contributed by atoms with Crippen molar-refractivity contribution in [1.29, 1.82) is 0 Å². The Balaban J connectivity index is 1.97. The molecule has 0 radical (unpaired) electrons. The fraction of sp³-hybridized carbons (Fsp3) is 0.500. The molecule has 2 aromatic heterocycles. The first-order valence-corrected chi connectivity index (χ1v) is 6.33. The van der Waals surface area contributed by atoms with Crippen LogP contribution in [0.25, 0.3) is 5.65 Å². The maximum atomic E-state index is 13.1. The maximum absolute atomic E-state index is 13.1. The number of piperidine rings is 1. The fourth-order valence-electron chi connectivity index (χ4n) is 2.05. The summed E-state index contributed by atoms with van der Waals surface area (Å²) in [5.74, 6) is -1.97. The van der Waals surface area contributed by atoms with Gasteiger partial charge in [0.2, 0.25) is 5.65 Å². The van der Waals surface area contributed by atoms with Gasteiger partial charge in [0.15, 0.2) is 5.82 Å². The number of anilines is 1. The van der Waals surface area contributed by atoms with E-state index >= 15 is 0 Å². The minimum Gasteiger partial charge on any atom is -0.353 e. The van der Waals surface area contributed by atoms with Gasteiger partial charge in [-0.25, -0.2) is 13.8 Å². The first kappa shape index (κ1) is 11.8. The van der Waals surface area contributed by atoms with Crippen LogP contribution in [0, 0.1) is 0 Å². The van der Waals surface area contributed by atoms with Gasteiger partial charge < -0.3 is 4.90 Å². The molecule has 0 aliphatic carbocycles. The zero-order valence-corrected chi connectivity index (χ0v) is 10.9. The van der Waals surface area contributed by atoms with Crippen molar-refractivity contribution in [3.63, 3.8) is 0 Å².